The van der Waals surface area contributed by atoms with Crippen molar-refractivity contribution in [2.24, 2.45) is 5.92 Å². The number of amides is 1. The van der Waals surface area contributed by atoms with Crippen LogP contribution in [0.4, 0.5) is 0 Å². The molecule has 2 saturated heterocycles. The van der Waals surface area contributed by atoms with Gasteiger partial charge in [-0.15, -0.1) is 0 Å². The Morgan fingerprint density at radius 2 is 1.47 bits per heavy atom. The minimum atomic E-state index is -0.127. The van der Waals surface area contributed by atoms with E-state index in [1.807, 2.05) is 11.0 Å². The maximum Gasteiger partial charge on any atom is 0.266 e. The molecule has 2 aliphatic rings. The van der Waals surface area contributed by atoms with Crippen LogP contribution in [0.1, 0.15) is 24.0 Å². The number of rotatable bonds is 6. The first-order valence-corrected chi connectivity index (χ1v) is 11.7. The normalized spacial score (nSPS) is 18.4. The minimum Gasteiger partial charge on any atom is -0.376 e. The van der Waals surface area contributed by atoms with Crippen molar-refractivity contribution in [3.05, 3.63) is 83.6 Å². The van der Waals surface area contributed by atoms with Crippen LogP contribution in [0.2, 0.25) is 0 Å². The summed E-state index contributed by atoms with van der Waals surface area (Å²) in [6, 6.07) is 23.2. The minimum absolute atomic E-state index is 0.127. The van der Waals surface area contributed by atoms with Gasteiger partial charge in [0, 0.05) is 52.0 Å². The molecule has 166 valence electrons. The van der Waals surface area contributed by atoms with Crippen LogP contribution >= 0.6 is 0 Å². The monoisotopic (exact) mass is 428 g/mol. The number of hydrogen-bond acceptors (Lipinski definition) is 4. The van der Waals surface area contributed by atoms with E-state index in [-0.39, 0.29) is 11.5 Å². The second kappa shape index (κ2) is 11.0. The highest BCUT2D eigenvalue weighted by Crippen LogP contribution is 2.22. The average molecular weight is 429 g/mol. The van der Waals surface area contributed by atoms with Gasteiger partial charge in [0.1, 0.15) is 11.6 Å². The van der Waals surface area contributed by atoms with Crippen molar-refractivity contribution < 1.29 is 4.79 Å². The smallest absolute Gasteiger partial charge is 0.266 e. The lowest BCUT2D eigenvalue weighted by Crippen LogP contribution is -2.48. The van der Waals surface area contributed by atoms with E-state index in [1.165, 1.54) is 11.1 Å². The summed E-state index contributed by atoms with van der Waals surface area (Å²) in [6.45, 7) is 5.73. The van der Waals surface area contributed by atoms with Crippen LogP contribution in [0.25, 0.3) is 0 Å². The lowest BCUT2D eigenvalue weighted by Gasteiger charge is -2.35. The largest absolute Gasteiger partial charge is 0.376 e. The molecule has 0 bridgehead atoms. The third-order valence-corrected chi connectivity index (χ3v) is 6.59. The molecule has 2 aromatic rings. The van der Waals surface area contributed by atoms with Gasteiger partial charge in [-0.3, -0.25) is 9.69 Å². The quantitative estimate of drug-likeness (QED) is 0.520. The van der Waals surface area contributed by atoms with E-state index in [4.69, 9.17) is 0 Å². The molecule has 0 aliphatic carbocycles. The van der Waals surface area contributed by atoms with Crippen LogP contribution in [0.3, 0.4) is 0 Å². The average Bonchev–Trinajstić information content (AvgIpc) is 2.85. The van der Waals surface area contributed by atoms with Crippen molar-refractivity contribution >= 4 is 5.91 Å². The first kappa shape index (κ1) is 22.1. The van der Waals surface area contributed by atoms with E-state index < -0.39 is 0 Å². The fourth-order valence-electron chi connectivity index (χ4n) is 4.67. The number of hydrogen-bond donors (Lipinski definition) is 0. The second-order valence-corrected chi connectivity index (χ2v) is 8.88. The molecule has 2 aromatic carbocycles. The van der Waals surface area contributed by atoms with Crippen LogP contribution in [-0.2, 0) is 17.8 Å². The first-order chi connectivity index (χ1) is 15.7. The van der Waals surface area contributed by atoms with E-state index >= 15 is 0 Å². The predicted octanol–water partition coefficient (Wildman–Crippen LogP) is 3.69. The highest BCUT2D eigenvalue weighted by molar-refractivity contribution is 5.97. The van der Waals surface area contributed by atoms with Gasteiger partial charge in [-0.25, -0.2) is 0 Å². The van der Waals surface area contributed by atoms with Gasteiger partial charge in [-0.2, -0.15) is 5.26 Å². The lowest BCUT2D eigenvalue weighted by molar-refractivity contribution is -0.128. The standard InChI is InChI=1S/C27H32N4O/c28-20-26(22-29-13-11-24(12-14-29)19-23-7-3-1-4-8-23)27(32)31-17-15-30(16-18-31)21-25-9-5-2-6-10-25/h1-10,22,24H,11-19,21H2/b26-22-. The van der Waals surface area contributed by atoms with E-state index in [2.05, 4.69) is 70.5 Å². The van der Waals surface area contributed by atoms with Gasteiger partial charge < -0.3 is 9.80 Å². The molecule has 0 aromatic heterocycles. The summed E-state index contributed by atoms with van der Waals surface area (Å²) < 4.78 is 0. The molecular formula is C27H32N4O. The maximum absolute atomic E-state index is 13.0. The van der Waals surface area contributed by atoms with Gasteiger partial charge in [0.2, 0.25) is 0 Å². The van der Waals surface area contributed by atoms with Crippen LogP contribution in [0, 0.1) is 17.2 Å². The van der Waals surface area contributed by atoms with Gasteiger partial charge in [-0.05, 0) is 36.3 Å². The molecule has 5 nitrogen and oxygen atoms in total. The Morgan fingerprint density at radius 1 is 0.875 bits per heavy atom. The highest BCUT2D eigenvalue weighted by Gasteiger charge is 2.25. The van der Waals surface area contributed by atoms with E-state index in [0.29, 0.717) is 19.0 Å². The number of benzene rings is 2. The van der Waals surface area contributed by atoms with Crippen molar-refractivity contribution in [1.82, 2.24) is 14.7 Å². The molecule has 1 amide bonds. The van der Waals surface area contributed by atoms with Gasteiger partial charge in [0.05, 0.1) is 0 Å². The van der Waals surface area contributed by atoms with E-state index in [9.17, 15) is 10.1 Å². The van der Waals surface area contributed by atoms with Gasteiger partial charge in [0.25, 0.3) is 5.91 Å². The highest BCUT2D eigenvalue weighted by atomic mass is 16.2. The van der Waals surface area contributed by atoms with E-state index in [1.54, 1.807) is 6.20 Å². The fourth-order valence-corrected chi connectivity index (χ4v) is 4.67. The molecule has 0 unspecified atom stereocenters. The molecular weight excluding hydrogens is 396 g/mol. The first-order valence-electron chi connectivity index (χ1n) is 11.7. The topological polar surface area (TPSA) is 50.6 Å². The van der Waals surface area contributed by atoms with Gasteiger partial charge in [0.15, 0.2) is 0 Å². The Kier molecular flexibility index (Phi) is 7.58. The Hall–Kier alpha value is -3.10. The molecule has 0 saturated carbocycles. The van der Waals surface area contributed by atoms with Crippen molar-refractivity contribution in [3.8, 4) is 6.07 Å². The second-order valence-electron chi connectivity index (χ2n) is 8.88. The molecule has 0 N–H and O–H groups in total. The number of likely N-dealkylation sites (tertiary alicyclic amines) is 1. The third-order valence-electron chi connectivity index (χ3n) is 6.59. The predicted molar refractivity (Wildman–Crippen MR) is 126 cm³/mol. The molecule has 0 atom stereocenters. The zero-order valence-electron chi connectivity index (χ0n) is 18.7. The van der Waals surface area contributed by atoms with Crippen LogP contribution in [0.5, 0.6) is 0 Å². The van der Waals surface area contributed by atoms with Crippen LogP contribution in [0.15, 0.2) is 72.4 Å². The third kappa shape index (κ3) is 5.99. The molecule has 32 heavy (non-hydrogen) atoms. The Morgan fingerprint density at radius 3 is 2.06 bits per heavy atom. The number of piperidine rings is 1. The molecule has 0 spiro atoms. The number of carbonyl (C=O) groups excluding carboxylic acids is 1. The van der Waals surface area contributed by atoms with Crippen molar-refractivity contribution in [2.75, 3.05) is 39.3 Å². The molecule has 2 fully saturated rings. The zero-order chi connectivity index (χ0) is 22.2. The summed E-state index contributed by atoms with van der Waals surface area (Å²) in [5.41, 5.74) is 2.95. The van der Waals surface area contributed by atoms with Crippen LogP contribution in [-0.4, -0.2) is 59.9 Å². The Bertz CT molecular complexity index is 935. The summed E-state index contributed by atoms with van der Waals surface area (Å²) in [4.78, 5) is 19.3. The number of nitriles is 1. The molecule has 2 heterocycles. The van der Waals surface area contributed by atoms with Crippen LogP contribution < -0.4 is 0 Å². The molecule has 4 rings (SSSR count). The number of nitrogens with zero attached hydrogens (tertiary/aromatic N) is 4. The van der Waals surface area contributed by atoms with Crippen molar-refractivity contribution in [1.29, 1.82) is 5.26 Å². The molecule has 2 aliphatic heterocycles. The van der Waals surface area contributed by atoms with E-state index in [0.717, 1.165) is 52.0 Å². The SMILES string of the molecule is N#C/C(=C/N1CCC(Cc2ccccc2)CC1)C(=O)N1CCN(Cc2ccccc2)CC1. The van der Waals surface area contributed by atoms with Crippen molar-refractivity contribution in [2.45, 2.75) is 25.8 Å². The summed E-state index contributed by atoms with van der Waals surface area (Å²) in [7, 11) is 0. The maximum atomic E-state index is 13.0. The Balaban J connectivity index is 1.25. The summed E-state index contributed by atoms with van der Waals surface area (Å²) >= 11 is 0. The molecule has 5 heteroatoms. The number of piperazine rings is 1. The number of carbonyl (C=O) groups is 1. The fraction of sp³-hybridized carbons (Fsp3) is 0.407. The zero-order valence-corrected chi connectivity index (χ0v) is 18.7. The Labute approximate surface area is 191 Å². The van der Waals surface area contributed by atoms with Gasteiger partial charge >= 0.3 is 0 Å². The molecule has 0 radical (unpaired) electrons. The summed E-state index contributed by atoms with van der Waals surface area (Å²) in [5.74, 6) is 0.541. The lowest BCUT2D eigenvalue weighted by atomic mass is 9.90. The van der Waals surface area contributed by atoms with Crippen molar-refractivity contribution in [3.63, 3.8) is 0 Å². The summed E-state index contributed by atoms with van der Waals surface area (Å²) in [6.07, 6.45) is 5.10. The summed E-state index contributed by atoms with van der Waals surface area (Å²) in [5, 5.41) is 9.65. The van der Waals surface area contributed by atoms with Gasteiger partial charge in [-0.1, -0.05) is 60.7 Å².